The van der Waals surface area contributed by atoms with Crippen LogP contribution in [0.5, 0.6) is 5.88 Å². The van der Waals surface area contributed by atoms with Gasteiger partial charge in [-0.25, -0.2) is 4.98 Å². The van der Waals surface area contributed by atoms with E-state index >= 15 is 0 Å². The van der Waals surface area contributed by atoms with Crippen molar-refractivity contribution in [3.63, 3.8) is 0 Å². The van der Waals surface area contributed by atoms with E-state index in [0.29, 0.717) is 5.88 Å². The van der Waals surface area contributed by atoms with Gasteiger partial charge in [-0.2, -0.15) is 0 Å². The molecule has 3 nitrogen and oxygen atoms in total. The summed E-state index contributed by atoms with van der Waals surface area (Å²) >= 11 is 0. The maximum Gasteiger partial charge on any atom is 0.213 e. The Kier molecular flexibility index (Phi) is 2.59. The summed E-state index contributed by atoms with van der Waals surface area (Å²) in [6.45, 7) is 0.776. The molecule has 3 rings (SSSR count). The zero-order valence-electron chi connectivity index (χ0n) is 9.73. The van der Waals surface area contributed by atoms with E-state index in [1.54, 1.807) is 0 Å². The zero-order valence-corrected chi connectivity index (χ0v) is 9.73. The van der Waals surface area contributed by atoms with Crippen LogP contribution in [0, 0.1) is 5.92 Å². The molecule has 3 heteroatoms. The highest BCUT2D eigenvalue weighted by molar-refractivity contribution is 5.82. The van der Waals surface area contributed by atoms with E-state index in [0.717, 1.165) is 35.5 Å². The van der Waals surface area contributed by atoms with Gasteiger partial charge in [-0.15, -0.1) is 0 Å². The molecule has 2 N–H and O–H groups in total. The molecule has 0 bridgehead atoms. The molecule has 17 heavy (non-hydrogen) atoms. The number of nitrogens with zero attached hydrogens (tertiary/aromatic N) is 1. The highest BCUT2D eigenvalue weighted by Crippen LogP contribution is 2.32. The molecule has 0 amide bonds. The Bertz CT molecular complexity index is 535. The predicted molar refractivity (Wildman–Crippen MR) is 69.0 cm³/mol. The fourth-order valence-electron chi connectivity index (χ4n) is 1.94. The maximum atomic E-state index is 5.72. The van der Waals surface area contributed by atoms with Crippen molar-refractivity contribution in [3.8, 4) is 5.88 Å². The Morgan fingerprint density at radius 3 is 2.94 bits per heavy atom. The van der Waals surface area contributed by atoms with Crippen LogP contribution in [-0.4, -0.2) is 11.6 Å². The van der Waals surface area contributed by atoms with Crippen LogP contribution >= 0.6 is 0 Å². The molecule has 0 saturated heterocycles. The van der Waals surface area contributed by atoms with Gasteiger partial charge in [0.1, 0.15) is 0 Å². The molecule has 1 aromatic carbocycles. The van der Waals surface area contributed by atoms with Crippen molar-refractivity contribution in [2.75, 3.05) is 12.3 Å². The lowest BCUT2D eigenvalue weighted by Crippen LogP contribution is -1.99. The number of pyridine rings is 1. The Hall–Kier alpha value is -1.77. The van der Waals surface area contributed by atoms with Crippen LogP contribution in [0.4, 0.5) is 5.69 Å². The van der Waals surface area contributed by atoms with E-state index in [1.807, 2.05) is 30.3 Å². The third kappa shape index (κ3) is 2.49. The lowest BCUT2D eigenvalue weighted by Gasteiger charge is -2.06. The third-order valence-electron chi connectivity index (χ3n) is 3.16. The number of benzene rings is 1. The van der Waals surface area contributed by atoms with Crippen LogP contribution in [0.3, 0.4) is 0 Å². The largest absolute Gasteiger partial charge is 0.478 e. The highest BCUT2D eigenvalue weighted by atomic mass is 16.5. The normalized spacial score (nSPS) is 15.1. The first-order chi connectivity index (χ1) is 8.31. The van der Waals surface area contributed by atoms with E-state index in [9.17, 15) is 0 Å². The number of ether oxygens (including phenoxy) is 1. The molecule has 1 fully saturated rings. The summed E-state index contributed by atoms with van der Waals surface area (Å²) in [7, 11) is 0. The first-order valence-electron chi connectivity index (χ1n) is 6.10. The molecule has 0 atom stereocenters. The highest BCUT2D eigenvalue weighted by Gasteiger charge is 2.20. The second-order valence-electron chi connectivity index (χ2n) is 4.68. The van der Waals surface area contributed by atoms with Crippen LogP contribution in [0.25, 0.3) is 10.9 Å². The van der Waals surface area contributed by atoms with Gasteiger partial charge >= 0.3 is 0 Å². The molecule has 0 spiro atoms. The second kappa shape index (κ2) is 4.24. The minimum atomic E-state index is 0.711. The van der Waals surface area contributed by atoms with E-state index in [4.69, 9.17) is 10.5 Å². The Morgan fingerprint density at radius 1 is 1.24 bits per heavy atom. The van der Waals surface area contributed by atoms with E-state index in [1.165, 1.54) is 12.8 Å². The summed E-state index contributed by atoms with van der Waals surface area (Å²) in [6, 6.07) is 9.64. The minimum Gasteiger partial charge on any atom is -0.478 e. The van der Waals surface area contributed by atoms with Crippen molar-refractivity contribution < 1.29 is 4.74 Å². The number of nitrogen functional groups attached to an aromatic ring is 1. The Morgan fingerprint density at radius 2 is 2.12 bits per heavy atom. The summed E-state index contributed by atoms with van der Waals surface area (Å²) in [5.74, 6) is 1.61. The Balaban J connectivity index is 1.73. The van der Waals surface area contributed by atoms with E-state index in [2.05, 4.69) is 4.98 Å². The van der Waals surface area contributed by atoms with Gasteiger partial charge in [0, 0.05) is 17.1 Å². The number of aromatic nitrogens is 1. The first kappa shape index (κ1) is 10.4. The van der Waals surface area contributed by atoms with Crippen LogP contribution in [-0.2, 0) is 0 Å². The van der Waals surface area contributed by atoms with Crippen LogP contribution < -0.4 is 10.5 Å². The second-order valence-corrected chi connectivity index (χ2v) is 4.68. The zero-order chi connectivity index (χ0) is 11.7. The van der Waals surface area contributed by atoms with Gasteiger partial charge in [0.15, 0.2) is 0 Å². The quantitative estimate of drug-likeness (QED) is 0.818. The maximum absolute atomic E-state index is 5.72. The number of hydrogen-bond acceptors (Lipinski definition) is 3. The molecular formula is C14H16N2O. The third-order valence-corrected chi connectivity index (χ3v) is 3.16. The van der Waals surface area contributed by atoms with Crippen molar-refractivity contribution in [2.45, 2.75) is 19.3 Å². The summed E-state index contributed by atoms with van der Waals surface area (Å²) in [5, 5.41) is 1.06. The monoisotopic (exact) mass is 228 g/mol. The number of rotatable bonds is 4. The number of nitrogens with two attached hydrogens (primary N) is 1. The molecule has 2 aromatic rings. The van der Waals surface area contributed by atoms with Crippen LogP contribution in [0.15, 0.2) is 30.3 Å². The van der Waals surface area contributed by atoms with Crippen molar-refractivity contribution >= 4 is 16.6 Å². The molecule has 1 aromatic heterocycles. The van der Waals surface area contributed by atoms with Crippen molar-refractivity contribution in [1.82, 2.24) is 4.98 Å². The lowest BCUT2D eigenvalue weighted by atomic mass is 10.2. The minimum absolute atomic E-state index is 0.711. The fourth-order valence-corrected chi connectivity index (χ4v) is 1.94. The molecule has 0 unspecified atom stereocenters. The molecule has 0 radical (unpaired) electrons. The molecular weight excluding hydrogens is 212 g/mol. The number of hydrogen-bond donors (Lipinski definition) is 1. The average Bonchev–Trinajstić information content (AvgIpc) is 3.13. The number of fused-ring (bicyclic) bond motifs is 1. The summed E-state index contributed by atoms with van der Waals surface area (Å²) in [4.78, 5) is 4.46. The topological polar surface area (TPSA) is 48.1 Å². The van der Waals surface area contributed by atoms with E-state index < -0.39 is 0 Å². The van der Waals surface area contributed by atoms with Crippen molar-refractivity contribution in [3.05, 3.63) is 30.3 Å². The molecule has 1 saturated carbocycles. The van der Waals surface area contributed by atoms with Gasteiger partial charge in [-0.1, -0.05) is 12.8 Å². The van der Waals surface area contributed by atoms with Crippen LogP contribution in [0.2, 0.25) is 0 Å². The summed E-state index contributed by atoms with van der Waals surface area (Å²) < 4.78 is 5.65. The van der Waals surface area contributed by atoms with Gasteiger partial charge < -0.3 is 10.5 Å². The van der Waals surface area contributed by atoms with Crippen molar-refractivity contribution in [1.29, 1.82) is 0 Å². The summed E-state index contributed by atoms with van der Waals surface area (Å²) in [5.41, 5.74) is 7.42. The number of anilines is 1. The van der Waals surface area contributed by atoms with E-state index in [-0.39, 0.29) is 0 Å². The van der Waals surface area contributed by atoms with Crippen molar-refractivity contribution in [2.24, 2.45) is 5.92 Å². The fraction of sp³-hybridized carbons (Fsp3) is 0.357. The SMILES string of the molecule is Nc1ccc2nc(OCCC3CC3)ccc2c1. The summed E-state index contributed by atoms with van der Waals surface area (Å²) in [6.07, 6.45) is 3.89. The van der Waals surface area contributed by atoms with Gasteiger partial charge in [-0.3, -0.25) is 0 Å². The molecule has 1 aliphatic carbocycles. The van der Waals surface area contributed by atoms with Crippen LogP contribution in [0.1, 0.15) is 19.3 Å². The molecule has 0 aliphatic heterocycles. The molecule has 88 valence electrons. The molecule has 1 heterocycles. The predicted octanol–water partition coefficient (Wildman–Crippen LogP) is 3.00. The molecule has 1 aliphatic rings. The van der Waals surface area contributed by atoms with Gasteiger partial charge in [0.25, 0.3) is 0 Å². The lowest BCUT2D eigenvalue weighted by molar-refractivity contribution is 0.292. The van der Waals surface area contributed by atoms with Gasteiger partial charge in [0.05, 0.1) is 12.1 Å². The first-order valence-corrected chi connectivity index (χ1v) is 6.10. The average molecular weight is 228 g/mol. The standard InChI is InChI=1S/C14H16N2O/c15-12-4-5-13-11(9-12)3-6-14(16-13)17-8-7-10-1-2-10/h3-6,9-10H,1-2,7-8,15H2. The Labute approximate surface area is 101 Å². The smallest absolute Gasteiger partial charge is 0.213 e. The van der Waals surface area contributed by atoms with Gasteiger partial charge in [-0.05, 0) is 36.6 Å². The van der Waals surface area contributed by atoms with Gasteiger partial charge in [0.2, 0.25) is 5.88 Å².